The summed E-state index contributed by atoms with van der Waals surface area (Å²) in [5.74, 6) is -1.07. The fraction of sp³-hybridized carbons (Fsp3) is 0.435. The lowest BCUT2D eigenvalue weighted by Gasteiger charge is -2.27. The van der Waals surface area contributed by atoms with Crippen LogP contribution in [0.3, 0.4) is 0 Å². The molecule has 1 heterocycles. The number of carboxylic acid groups (broad SMARTS) is 2. The van der Waals surface area contributed by atoms with Crippen LogP contribution < -0.4 is 10.5 Å². The molecule has 1 aliphatic rings. The van der Waals surface area contributed by atoms with Crippen molar-refractivity contribution in [1.29, 1.82) is 0 Å². The minimum Gasteiger partial charge on any atom is -0.506 e. The number of aromatic hydroxyl groups is 3. The number of ether oxygens (including phenoxy) is 1. The summed E-state index contributed by atoms with van der Waals surface area (Å²) in [6.07, 6.45) is -0.593. The van der Waals surface area contributed by atoms with Crippen LogP contribution in [-0.4, -0.2) is 50.6 Å². The van der Waals surface area contributed by atoms with Gasteiger partial charge in [-0.05, 0) is 92.4 Å². The standard InChI is InChI=1S/C42H53NO4S4.C4H6O4/c1-39(2,3)23-15-27-35(44)28(16-23)49-30-18-25(41(7,8)9)20-32(37(30)46)51-34-22-26(42(10,11)12)21-33(38(34)47-14-13-43)50-31-19-24(40(4,5)6)17-29(48-27)36(31)45;5-3(6)1-2-4(7)8/h15-22,44-46H,13-14,43H2,1-12H3;1-2H2,(H,5,6)(H,7,8). The van der Waals surface area contributed by atoms with Crippen molar-refractivity contribution in [3.8, 4) is 23.0 Å². The molecule has 1 aliphatic heterocycles. The van der Waals surface area contributed by atoms with Crippen LogP contribution in [0.4, 0.5) is 0 Å². The van der Waals surface area contributed by atoms with E-state index in [-0.39, 0.29) is 51.8 Å². The minimum absolute atomic E-state index is 0.118. The highest BCUT2D eigenvalue weighted by molar-refractivity contribution is 8.01. The van der Waals surface area contributed by atoms with Gasteiger partial charge in [-0.25, -0.2) is 0 Å². The highest BCUT2D eigenvalue weighted by atomic mass is 32.2. The van der Waals surface area contributed by atoms with Gasteiger partial charge in [-0.2, -0.15) is 0 Å². The van der Waals surface area contributed by atoms with E-state index in [1.54, 1.807) is 0 Å². The van der Waals surface area contributed by atoms with Gasteiger partial charge < -0.3 is 36.0 Å². The van der Waals surface area contributed by atoms with E-state index < -0.39 is 11.9 Å². The van der Waals surface area contributed by atoms with Gasteiger partial charge in [0, 0.05) is 6.54 Å². The van der Waals surface area contributed by atoms with Gasteiger partial charge in [-0.15, -0.1) is 0 Å². The molecule has 0 aromatic heterocycles. The van der Waals surface area contributed by atoms with E-state index in [2.05, 4.69) is 107 Å². The molecule has 8 bridgehead atoms. The number of carboxylic acids is 2. The normalized spacial score (nSPS) is 13.3. The Labute approximate surface area is 366 Å². The Kier molecular flexibility index (Phi) is 15.1. The molecule has 5 rings (SSSR count). The van der Waals surface area contributed by atoms with Crippen molar-refractivity contribution >= 4 is 59.0 Å². The third-order valence-electron chi connectivity index (χ3n) is 9.40. The number of hydrogen-bond donors (Lipinski definition) is 6. The third kappa shape index (κ3) is 12.5. The van der Waals surface area contributed by atoms with Gasteiger partial charge in [0.1, 0.15) is 29.6 Å². The van der Waals surface area contributed by atoms with Crippen molar-refractivity contribution < 1.29 is 39.9 Å². The maximum Gasteiger partial charge on any atom is 0.303 e. The number of benzene rings is 4. The lowest BCUT2D eigenvalue weighted by atomic mass is 9.87. The highest BCUT2D eigenvalue weighted by Crippen LogP contribution is 2.55. The number of aliphatic carboxylic acids is 2. The Morgan fingerprint density at radius 2 is 0.695 bits per heavy atom. The molecule has 0 radical (unpaired) electrons. The van der Waals surface area contributed by atoms with Crippen molar-refractivity contribution in [3.63, 3.8) is 0 Å². The number of fused-ring (bicyclic) bond motifs is 8. The minimum atomic E-state index is -1.08. The molecule has 4 aromatic carbocycles. The quantitative estimate of drug-likeness (QED) is 0.0953. The summed E-state index contributed by atoms with van der Waals surface area (Å²) in [6, 6.07) is 16.5. The zero-order valence-electron chi connectivity index (χ0n) is 36.1. The average molecular weight is 882 g/mol. The summed E-state index contributed by atoms with van der Waals surface area (Å²) in [4.78, 5) is 24.9. The first-order chi connectivity index (χ1) is 27.1. The lowest BCUT2D eigenvalue weighted by Crippen LogP contribution is -2.14. The molecule has 0 atom stereocenters. The summed E-state index contributed by atoms with van der Waals surface area (Å²) in [5.41, 5.74) is 9.41. The lowest BCUT2D eigenvalue weighted by molar-refractivity contribution is -0.143. The van der Waals surface area contributed by atoms with E-state index in [4.69, 9.17) is 20.7 Å². The van der Waals surface area contributed by atoms with E-state index >= 15 is 0 Å². The first-order valence-electron chi connectivity index (χ1n) is 19.4. The Hall–Kier alpha value is -3.62. The second-order valence-electron chi connectivity index (χ2n) is 18.6. The topological polar surface area (TPSA) is 171 Å². The van der Waals surface area contributed by atoms with Crippen LogP contribution >= 0.6 is 47.0 Å². The first-order valence-corrected chi connectivity index (χ1v) is 22.7. The van der Waals surface area contributed by atoms with Crippen LogP contribution in [0, 0.1) is 0 Å². The van der Waals surface area contributed by atoms with Gasteiger partial charge in [0.05, 0.1) is 52.0 Å². The largest absolute Gasteiger partial charge is 0.506 e. The fourth-order valence-electron chi connectivity index (χ4n) is 5.66. The van der Waals surface area contributed by atoms with Crippen LogP contribution in [0.1, 0.15) is 118 Å². The number of nitrogens with two attached hydrogens (primary N) is 1. The average Bonchev–Trinajstić information content (AvgIpc) is 3.09. The predicted octanol–water partition coefficient (Wildman–Crippen LogP) is 12.2. The molecule has 0 spiro atoms. The zero-order chi connectivity index (χ0) is 44.4. The molecule has 0 saturated heterocycles. The predicted molar refractivity (Wildman–Crippen MR) is 241 cm³/mol. The number of carbonyl (C=O) groups is 2. The second-order valence-corrected chi connectivity index (χ2v) is 22.9. The zero-order valence-corrected chi connectivity index (χ0v) is 39.4. The van der Waals surface area contributed by atoms with E-state index in [1.165, 1.54) is 47.0 Å². The van der Waals surface area contributed by atoms with Crippen LogP contribution in [-0.2, 0) is 31.2 Å². The summed E-state index contributed by atoms with van der Waals surface area (Å²) in [7, 11) is 0. The summed E-state index contributed by atoms with van der Waals surface area (Å²) >= 11 is 5.66. The molecule has 0 fully saturated rings. The van der Waals surface area contributed by atoms with Gasteiger partial charge in [0.2, 0.25) is 0 Å². The van der Waals surface area contributed by atoms with Crippen molar-refractivity contribution in [2.24, 2.45) is 5.73 Å². The number of phenols is 3. The van der Waals surface area contributed by atoms with Crippen molar-refractivity contribution in [1.82, 2.24) is 0 Å². The van der Waals surface area contributed by atoms with Gasteiger partial charge in [-0.3, -0.25) is 9.59 Å². The van der Waals surface area contributed by atoms with Crippen LogP contribution in [0.25, 0.3) is 0 Å². The summed E-state index contributed by atoms with van der Waals surface area (Å²) < 4.78 is 6.47. The SMILES string of the molecule is CC(C)(C)c1cc2c(O)c(c1)Sc1cc(C(C)(C)C)cc(c1O)Sc1cc(C(C)(C)C)cc(c1OCCN)Sc1cc(C(C)(C)C)cc(c1O)S2.O=C(O)CCC(=O)O. The van der Waals surface area contributed by atoms with E-state index in [1.807, 2.05) is 24.3 Å². The molecule has 4 aromatic rings. The molecule has 7 N–H and O–H groups in total. The number of phenolic OH excluding ortho intramolecular Hbond substituents is 3. The molecule has 0 amide bonds. The van der Waals surface area contributed by atoms with E-state index in [0.717, 1.165) is 32.0 Å². The summed E-state index contributed by atoms with van der Waals surface area (Å²) in [5, 5.41) is 51.8. The van der Waals surface area contributed by atoms with Crippen LogP contribution in [0.5, 0.6) is 23.0 Å². The van der Waals surface area contributed by atoms with Crippen molar-refractivity contribution in [2.45, 2.75) is 157 Å². The van der Waals surface area contributed by atoms with Gasteiger partial charge in [0.25, 0.3) is 0 Å². The van der Waals surface area contributed by atoms with E-state index in [9.17, 15) is 24.9 Å². The van der Waals surface area contributed by atoms with Crippen LogP contribution in [0.15, 0.2) is 87.7 Å². The van der Waals surface area contributed by atoms with Gasteiger partial charge in [-0.1, -0.05) is 130 Å². The monoisotopic (exact) mass is 881 g/mol. The molecule has 320 valence electrons. The van der Waals surface area contributed by atoms with Crippen molar-refractivity contribution in [2.75, 3.05) is 13.2 Å². The fourth-order valence-corrected chi connectivity index (χ4v) is 10.1. The molecular formula is C46H59NO8S4. The van der Waals surface area contributed by atoms with Crippen LogP contribution in [0.2, 0.25) is 0 Å². The summed E-state index contributed by atoms with van der Waals surface area (Å²) in [6.45, 7) is 26.6. The molecule has 0 aliphatic carbocycles. The maximum atomic E-state index is 12.0. The Balaban J connectivity index is 0.000000870. The van der Waals surface area contributed by atoms with Crippen molar-refractivity contribution in [3.05, 3.63) is 70.8 Å². The Bertz CT molecular complexity index is 2080. The van der Waals surface area contributed by atoms with E-state index in [0.29, 0.717) is 48.3 Å². The highest BCUT2D eigenvalue weighted by Gasteiger charge is 2.29. The molecule has 59 heavy (non-hydrogen) atoms. The van der Waals surface area contributed by atoms with Gasteiger partial charge >= 0.3 is 11.9 Å². The Morgan fingerprint density at radius 1 is 0.475 bits per heavy atom. The molecule has 9 nitrogen and oxygen atoms in total. The molecular weight excluding hydrogens is 823 g/mol. The molecule has 13 heteroatoms. The Morgan fingerprint density at radius 3 is 0.898 bits per heavy atom. The third-order valence-corrected chi connectivity index (χ3v) is 13.6. The number of hydrogen-bond acceptors (Lipinski definition) is 11. The number of rotatable bonds is 6. The molecule has 0 saturated carbocycles. The van der Waals surface area contributed by atoms with Gasteiger partial charge in [0.15, 0.2) is 0 Å². The first kappa shape index (κ1) is 48.1. The molecule has 0 unspecified atom stereocenters. The smallest absolute Gasteiger partial charge is 0.303 e. The second kappa shape index (κ2) is 18.6. The maximum absolute atomic E-state index is 12.0.